The number of nitrogens with zero attached hydrogens (tertiary/aromatic N) is 1. The minimum Gasteiger partial charge on any atom is -0.273 e. The summed E-state index contributed by atoms with van der Waals surface area (Å²) < 4.78 is 0. The van der Waals surface area contributed by atoms with Crippen LogP contribution in [0.15, 0.2) is 71.3 Å². The van der Waals surface area contributed by atoms with E-state index in [0.29, 0.717) is 6.42 Å². The van der Waals surface area contributed by atoms with E-state index in [4.69, 9.17) is 0 Å². The third-order valence-corrected chi connectivity index (χ3v) is 3.19. The zero-order valence-corrected chi connectivity index (χ0v) is 12.7. The van der Waals surface area contributed by atoms with Crippen molar-refractivity contribution in [1.82, 2.24) is 5.43 Å². The lowest BCUT2D eigenvalue weighted by Crippen LogP contribution is -2.19. The van der Waals surface area contributed by atoms with Gasteiger partial charge in [0.15, 0.2) is 0 Å². The van der Waals surface area contributed by atoms with E-state index < -0.39 is 0 Å². The Kier molecular flexibility index (Phi) is 6.12. The number of rotatable bonds is 6. The Bertz CT molecular complexity index is 646. The lowest BCUT2D eigenvalue weighted by Gasteiger charge is -2.01. The molecule has 0 saturated heterocycles. The number of carbonyl (C=O) groups is 1. The third-order valence-electron chi connectivity index (χ3n) is 3.19. The van der Waals surface area contributed by atoms with Crippen LogP contribution in [0.3, 0.4) is 0 Å². The van der Waals surface area contributed by atoms with Crippen LogP contribution in [0.1, 0.15) is 24.5 Å². The van der Waals surface area contributed by atoms with Gasteiger partial charge in [0.1, 0.15) is 0 Å². The van der Waals surface area contributed by atoms with Gasteiger partial charge in [-0.25, -0.2) is 5.43 Å². The van der Waals surface area contributed by atoms with Gasteiger partial charge in [0.2, 0.25) is 5.91 Å². The summed E-state index contributed by atoms with van der Waals surface area (Å²) in [6.07, 6.45) is 4.96. The van der Waals surface area contributed by atoms with Crippen molar-refractivity contribution in [3.8, 4) is 0 Å². The minimum absolute atomic E-state index is 0.113. The highest BCUT2D eigenvalue weighted by molar-refractivity contribution is 5.87. The van der Waals surface area contributed by atoms with Crippen LogP contribution in [0.2, 0.25) is 0 Å². The molecule has 2 aromatic rings. The number of hydrogen-bond donors (Lipinski definition) is 1. The van der Waals surface area contributed by atoms with Crippen molar-refractivity contribution in [3.05, 3.63) is 77.4 Å². The average molecular weight is 292 g/mol. The highest BCUT2D eigenvalue weighted by Crippen LogP contribution is 2.07. The fraction of sp³-hybridized carbons (Fsp3) is 0.158. The van der Waals surface area contributed by atoms with Crippen LogP contribution < -0.4 is 5.43 Å². The summed E-state index contributed by atoms with van der Waals surface area (Å²) in [4.78, 5) is 11.8. The number of hydrazone groups is 1. The molecule has 1 N–H and O–H groups in total. The normalized spacial score (nSPS) is 11.6. The molecule has 0 spiro atoms. The van der Waals surface area contributed by atoms with E-state index in [2.05, 4.69) is 23.5 Å². The molecular weight excluding hydrogens is 272 g/mol. The first kappa shape index (κ1) is 15.7. The van der Waals surface area contributed by atoms with Crippen molar-refractivity contribution in [2.75, 3.05) is 0 Å². The smallest absolute Gasteiger partial charge is 0.244 e. The largest absolute Gasteiger partial charge is 0.273 e. The molecule has 0 aliphatic rings. The molecule has 3 heteroatoms. The maximum Gasteiger partial charge on any atom is 0.244 e. The Balaban J connectivity index is 1.90. The van der Waals surface area contributed by atoms with Crippen molar-refractivity contribution in [1.29, 1.82) is 0 Å². The molecule has 0 fully saturated rings. The predicted molar refractivity (Wildman–Crippen MR) is 91.5 cm³/mol. The zero-order chi connectivity index (χ0) is 15.6. The molecule has 0 aliphatic heterocycles. The summed E-state index contributed by atoms with van der Waals surface area (Å²) in [7, 11) is 0. The Hall–Kier alpha value is -2.68. The first-order valence-electron chi connectivity index (χ1n) is 7.39. The van der Waals surface area contributed by atoms with Crippen LogP contribution >= 0.6 is 0 Å². The third kappa shape index (κ3) is 5.37. The number of carbonyl (C=O) groups excluding carboxylic acids is 1. The quantitative estimate of drug-likeness (QED) is 0.638. The molecule has 0 atom stereocenters. The van der Waals surface area contributed by atoms with Gasteiger partial charge < -0.3 is 0 Å². The second-order valence-corrected chi connectivity index (χ2v) is 4.94. The topological polar surface area (TPSA) is 41.5 Å². The van der Waals surface area contributed by atoms with Crippen LogP contribution in [0.25, 0.3) is 6.08 Å². The summed E-state index contributed by atoms with van der Waals surface area (Å²) in [5.74, 6) is -0.113. The Morgan fingerprint density at radius 2 is 1.68 bits per heavy atom. The van der Waals surface area contributed by atoms with E-state index in [1.807, 2.05) is 60.7 Å². The van der Waals surface area contributed by atoms with Gasteiger partial charge in [-0.05, 0) is 23.1 Å². The van der Waals surface area contributed by atoms with E-state index in [1.54, 1.807) is 6.21 Å². The van der Waals surface area contributed by atoms with Crippen LogP contribution in [0, 0.1) is 0 Å². The van der Waals surface area contributed by atoms with Crippen LogP contribution in [0.4, 0.5) is 0 Å². The van der Waals surface area contributed by atoms with Crippen molar-refractivity contribution < 1.29 is 4.79 Å². The Morgan fingerprint density at radius 3 is 2.32 bits per heavy atom. The van der Waals surface area contributed by atoms with Gasteiger partial charge in [0.05, 0.1) is 12.6 Å². The molecule has 0 heterocycles. The van der Waals surface area contributed by atoms with E-state index in [1.165, 1.54) is 0 Å². The number of hydrogen-bond acceptors (Lipinski definition) is 2. The van der Waals surface area contributed by atoms with Gasteiger partial charge in [-0.15, -0.1) is 0 Å². The summed E-state index contributed by atoms with van der Waals surface area (Å²) in [5, 5.41) is 4.04. The van der Waals surface area contributed by atoms with Gasteiger partial charge in [-0.2, -0.15) is 5.10 Å². The van der Waals surface area contributed by atoms with Crippen LogP contribution in [-0.4, -0.2) is 12.1 Å². The molecule has 0 unspecified atom stereocenters. The van der Waals surface area contributed by atoms with Gasteiger partial charge >= 0.3 is 0 Å². The molecule has 0 aromatic heterocycles. The van der Waals surface area contributed by atoms with E-state index >= 15 is 0 Å². The van der Waals surface area contributed by atoms with E-state index in [-0.39, 0.29) is 5.91 Å². The molecule has 2 rings (SSSR count). The molecule has 2 aromatic carbocycles. The maximum atomic E-state index is 11.8. The highest BCUT2D eigenvalue weighted by Gasteiger charge is 2.00. The van der Waals surface area contributed by atoms with E-state index in [0.717, 1.165) is 23.1 Å². The minimum atomic E-state index is -0.113. The molecule has 3 nitrogen and oxygen atoms in total. The first-order valence-corrected chi connectivity index (χ1v) is 7.39. The van der Waals surface area contributed by atoms with Gasteiger partial charge in [0.25, 0.3) is 0 Å². The predicted octanol–water partition coefficient (Wildman–Crippen LogP) is 3.82. The first-order chi connectivity index (χ1) is 10.8. The Morgan fingerprint density at radius 1 is 1.05 bits per heavy atom. The van der Waals surface area contributed by atoms with E-state index in [9.17, 15) is 4.79 Å². The lowest BCUT2D eigenvalue weighted by atomic mass is 10.1. The zero-order valence-electron chi connectivity index (χ0n) is 12.7. The highest BCUT2D eigenvalue weighted by atomic mass is 16.2. The molecule has 0 radical (unpaired) electrons. The molecular formula is C19H20N2O. The number of allylic oxidation sites excluding steroid dienone is 1. The lowest BCUT2D eigenvalue weighted by molar-refractivity contribution is -0.120. The van der Waals surface area contributed by atoms with Crippen molar-refractivity contribution >= 4 is 18.2 Å². The fourth-order valence-corrected chi connectivity index (χ4v) is 2.00. The SMILES string of the molecule is CCC(C=NNC(=O)Cc1ccccc1)=Cc1ccccc1. The van der Waals surface area contributed by atoms with Gasteiger partial charge in [-0.1, -0.05) is 73.7 Å². The summed E-state index contributed by atoms with van der Waals surface area (Å²) in [6.45, 7) is 2.06. The molecule has 1 amide bonds. The van der Waals surface area contributed by atoms with Crippen LogP contribution in [-0.2, 0) is 11.2 Å². The van der Waals surface area contributed by atoms with Gasteiger partial charge in [0, 0.05) is 0 Å². The number of benzene rings is 2. The summed E-state index contributed by atoms with van der Waals surface area (Å²) in [6, 6.07) is 19.7. The van der Waals surface area contributed by atoms with Crippen molar-refractivity contribution in [3.63, 3.8) is 0 Å². The standard InChI is InChI=1S/C19H20N2O/c1-2-16(13-17-9-5-3-6-10-17)15-20-21-19(22)14-18-11-7-4-8-12-18/h3-13,15H,2,14H2,1H3,(H,21,22). The molecule has 0 bridgehead atoms. The number of nitrogens with one attached hydrogen (secondary N) is 1. The second kappa shape index (κ2) is 8.57. The molecule has 0 aliphatic carbocycles. The van der Waals surface area contributed by atoms with Crippen molar-refractivity contribution in [2.45, 2.75) is 19.8 Å². The Labute approximate surface area is 131 Å². The number of amides is 1. The maximum absolute atomic E-state index is 11.8. The molecule has 0 saturated carbocycles. The van der Waals surface area contributed by atoms with Gasteiger partial charge in [-0.3, -0.25) is 4.79 Å². The average Bonchev–Trinajstić information content (AvgIpc) is 2.56. The van der Waals surface area contributed by atoms with Crippen LogP contribution in [0.5, 0.6) is 0 Å². The monoisotopic (exact) mass is 292 g/mol. The summed E-state index contributed by atoms with van der Waals surface area (Å²) in [5.41, 5.74) is 5.74. The van der Waals surface area contributed by atoms with Crippen molar-refractivity contribution in [2.24, 2.45) is 5.10 Å². The molecule has 112 valence electrons. The summed E-state index contributed by atoms with van der Waals surface area (Å²) >= 11 is 0. The fourth-order valence-electron chi connectivity index (χ4n) is 2.00. The molecule has 22 heavy (non-hydrogen) atoms. The second-order valence-electron chi connectivity index (χ2n) is 4.94.